The highest BCUT2D eigenvalue weighted by molar-refractivity contribution is 7.47. The van der Waals surface area contributed by atoms with Gasteiger partial charge in [0.2, 0.25) is 0 Å². The molecule has 0 N–H and O–H groups in total. The molecule has 124 valence electrons. The number of aryl methyl sites for hydroxylation is 2. The summed E-state index contributed by atoms with van der Waals surface area (Å²) in [5.41, 5.74) is 3.49. The molecule has 2 aromatic rings. The van der Waals surface area contributed by atoms with E-state index >= 15 is 0 Å². The van der Waals surface area contributed by atoms with Crippen LogP contribution in [0.5, 0.6) is 5.75 Å². The van der Waals surface area contributed by atoms with Crippen molar-refractivity contribution in [3.8, 4) is 5.75 Å². The lowest BCUT2D eigenvalue weighted by molar-refractivity contribution is 0.0504. The number of hydrogen-bond donors (Lipinski definition) is 0. The van der Waals surface area contributed by atoms with E-state index < -0.39 is 0 Å². The largest absolute Gasteiger partial charge is 0.467 e. The SMILES string of the molecule is CCC(Pc1ccc(C)cc1F)c1cc(C)ccc1OCOC. The van der Waals surface area contributed by atoms with Gasteiger partial charge in [-0.3, -0.25) is 0 Å². The van der Waals surface area contributed by atoms with Gasteiger partial charge in [-0.15, -0.1) is 0 Å². The molecule has 0 spiro atoms. The minimum Gasteiger partial charge on any atom is -0.467 e. The second-order valence-corrected chi connectivity index (χ2v) is 7.20. The standard InChI is InChI=1S/C19H24FO2P/c1-5-18(23-19-9-7-14(3)11-16(19)20)15-10-13(2)6-8-17(15)22-12-21-4/h6-11,18,23H,5,12H2,1-4H3. The van der Waals surface area contributed by atoms with Gasteiger partial charge in [0, 0.05) is 23.6 Å². The highest BCUT2D eigenvalue weighted by atomic mass is 31.1. The topological polar surface area (TPSA) is 18.5 Å². The first-order valence-corrected chi connectivity index (χ1v) is 8.87. The molecule has 0 fully saturated rings. The van der Waals surface area contributed by atoms with Crippen LogP contribution in [0, 0.1) is 19.7 Å². The summed E-state index contributed by atoms with van der Waals surface area (Å²) in [6.07, 6.45) is 0.929. The van der Waals surface area contributed by atoms with E-state index in [2.05, 4.69) is 19.9 Å². The molecule has 0 aliphatic heterocycles. The van der Waals surface area contributed by atoms with Crippen molar-refractivity contribution >= 4 is 13.9 Å². The van der Waals surface area contributed by atoms with Gasteiger partial charge in [0.05, 0.1) is 0 Å². The Labute approximate surface area is 139 Å². The lowest BCUT2D eigenvalue weighted by atomic mass is 10.1. The summed E-state index contributed by atoms with van der Waals surface area (Å²) in [5, 5.41) is 0.779. The zero-order chi connectivity index (χ0) is 16.8. The lowest BCUT2D eigenvalue weighted by Crippen LogP contribution is -2.08. The van der Waals surface area contributed by atoms with E-state index in [-0.39, 0.29) is 18.3 Å². The van der Waals surface area contributed by atoms with Gasteiger partial charge in [-0.25, -0.2) is 4.39 Å². The van der Waals surface area contributed by atoms with Crippen LogP contribution >= 0.6 is 8.58 Å². The van der Waals surface area contributed by atoms with Gasteiger partial charge in [-0.05, 0) is 38.0 Å². The van der Waals surface area contributed by atoms with Gasteiger partial charge in [-0.1, -0.05) is 45.3 Å². The minimum absolute atomic E-state index is 0.117. The molecule has 2 unspecified atom stereocenters. The fourth-order valence-corrected chi connectivity index (χ4v) is 3.87. The van der Waals surface area contributed by atoms with E-state index in [9.17, 15) is 4.39 Å². The van der Waals surface area contributed by atoms with Gasteiger partial charge in [0.1, 0.15) is 11.6 Å². The van der Waals surface area contributed by atoms with Crippen LogP contribution in [0.4, 0.5) is 4.39 Å². The average Bonchev–Trinajstić information content (AvgIpc) is 2.53. The van der Waals surface area contributed by atoms with Crippen LogP contribution in [0.1, 0.15) is 35.7 Å². The van der Waals surface area contributed by atoms with Crippen molar-refractivity contribution < 1.29 is 13.9 Å². The van der Waals surface area contributed by atoms with Crippen LogP contribution in [0.2, 0.25) is 0 Å². The Balaban J connectivity index is 2.30. The Morgan fingerprint density at radius 2 is 1.78 bits per heavy atom. The predicted molar refractivity (Wildman–Crippen MR) is 95.8 cm³/mol. The number of ether oxygens (including phenoxy) is 2. The molecule has 2 nitrogen and oxygen atoms in total. The number of halogens is 1. The Kier molecular flexibility index (Phi) is 6.56. The van der Waals surface area contributed by atoms with Crippen molar-refractivity contribution in [3.63, 3.8) is 0 Å². The molecular formula is C19H24FO2P. The monoisotopic (exact) mass is 334 g/mol. The maximum Gasteiger partial charge on any atom is 0.188 e. The molecule has 4 heteroatoms. The first kappa shape index (κ1) is 17.9. The zero-order valence-electron chi connectivity index (χ0n) is 14.2. The van der Waals surface area contributed by atoms with Gasteiger partial charge in [0.25, 0.3) is 0 Å². The first-order valence-electron chi connectivity index (χ1n) is 7.80. The second-order valence-electron chi connectivity index (χ2n) is 5.68. The lowest BCUT2D eigenvalue weighted by Gasteiger charge is -2.20. The molecule has 2 atom stereocenters. The van der Waals surface area contributed by atoms with E-state index in [0.29, 0.717) is 8.58 Å². The normalized spacial score (nSPS) is 12.7. The molecule has 0 aliphatic rings. The number of rotatable bonds is 7. The van der Waals surface area contributed by atoms with Crippen molar-refractivity contribution in [3.05, 3.63) is 58.9 Å². The van der Waals surface area contributed by atoms with Crippen molar-refractivity contribution in [2.75, 3.05) is 13.9 Å². The summed E-state index contributed by atoms with van der Waals surface area (Å²) in [6.45, 7) is 6.32. The van der Waals surface area contributed by atoms with Crippen LogP contribution in [-0.2, 0) is 4.74 Å². The van der Waals surface area contributed by atoms with Crippen molar-refractivity contribution in [1.29, 1.82) is 0 Å². The molecule has 2 rings (SSSR count). The zero-order valence-corrected chi connectivity index (χ0v) is 15.2. The van der Waals surface area contributed by atoms with Gasteiger partial charge >= 0.3 is 0 Å². The van der Waals surface area contributed by atoms with E-state index in [4.69, 9.17) is 9.47 Å². The highest BCUT2D eigenvalue weighted by Gasteiger charge is 2.17. The summed E-state index contributed by atoms with van der Waals surface area (Å²) in [6, 6.07) is 11.6. The number of benzene rings is 2. The van der Waals surface area contributed by atoms with Crippen LogP contribution in [0.15, 0.2) is 36.4 Å². The molecule has 0 saturated carbocycles. The average molecular weight is 334 g/mol. The van der Waals surface area contributed by atoms with Gasteiger partial charge < -0.3 is 9.47 Å². The maximum absolute atomic E-state index is 14.2. The molecule has 2 aromatic carbocycles. The van der Waals surface area contributed by atoms with E-state index in [0.717, 1.165) is 28.6 Å². The van der Waals surface area contributed by atoms with Crippen LogP contribution in [0.3, 0.4) is 0 Å². The number of hydrogen-bond acceptors (Lipinski definition) is 2. The Morgan fingerprint density at radius 1 is 1.09 bits per heavy atom. The molecule has 0 aliphatic carbocycles. The van der Waals surface area contributed by atoms with Crippen LogP contribution in [0.25, 0.3) is 0 Å². The summed E-state index contributed by atoms with van der Waals surface area (Å²) in [7, 11) is 1.98. The quantitative estimate of drug-likeness (QED) is 0.531. The highest BCUT2D eigenvalue weighted by Crippen LogP contribution is 2.42. The molecule has 0 saturated heterocycles. The third kappa shape index (κ3) is 4.76. The van der Waals surface area contributed by atoms with Gasteiger partial charge in [0.15, 0.2) is 6.79 Å². The third-order valence-corrected chi connectivity index (χ3v) is 5.52. The molecular weight excluding hydrogens is 310 g/mol. The maximum atomic E-state index is 14.2. The second kappa shape index (κ2) is 8.42. The Hall–Kier alpha value is -1.44. The van der Waals surface area contributed by atoms with Crippen LogP contribution < -0.4 is 10.0 Å². The van der Waals surface area contributed by atoms with E-state index in [1.165, 1.54) is 5.56 Å². The Morgan fingerprint density at radius 3 is 2.43 bits per heavy atom. The fourth-order valence-electron chi connectivity index (χ4n) is 2.52. The minimum atomic E-state index is -0.117. The Bertz CT molecular complexity index is 658. The smallest absolute Gasteiger partial charge is 0.188 e. The van der Waals surface area contributed by atoms with E-state index in [1.807, 2.05) is 31.2 Å². The molecule has 23 heavy (non-hydrogen) atoms. The van der Waals surface area contributed by atoms with Gasteiger partial charge in [-0.2, -0.15) is 0 Å². The van der Waals surface area contributed by atoms with Crippen molar-refractivity contribution in [1.82, 2.24) is 0 Å². The van der Waals surface area contributed by atoms with E-state index in [1.54, 1.807) is 13.2 Å². The fraction of sp³-hybridized carbons (Fsp3) is 0.368. The predicted octanol–water partition coefficient (Wildman–Crippen LogP) is 4.88. The summed E-state index contributed by atoms with van der Waals surface area (Å²) < 4.78 is 24.9. The summed E-state index contributed by atoms with van der Waals surface area (Å²) in [4.78, 5) is 0. The molecule has 0 aromatic heterocycles. The summed E-state index contributed by atoms with van der Waals surface area (Å²) in [5.74, 6) is 0.707. The summed E-state index contributed by atoms with van der Waals surface area (Å²) >= 11 is 0. The van der Waals surface area contributed by atoms with Crippen molar-refractivity contribution in [2.45, 2.75) is 32.9 Å². The van der Waals surface area contributed by atoms with Crippen molar-refractivity contribution in [2.24, 2.45) is 0 Å². The molecule has 0 radical (unpaired) electrons. The van der Waals surface area contributed by atoms with Crippen LogP contribution in [-0.4, -0.2) is 13.9 Å². The number of methoxy groups -OCH3 is 1. The molecule has 0 heterocycles. The third-order valence-electron chi connectivity index (χ3n) is 3.74. The first-order chi connectivity index (χ1) is 11.0. The molecule has 0 amide bonds. The molecule has 0 bridgehead atoms.